The quantitative estimate of drug-likeness (QED) is 0.736. The monoisotopic (exact) mass is 396 g/mol. The SMILES string of the molecule is COc1cc([C@@H]2c3cc4c(cc3[C@@H](C)[C@H]3COC(=O)C23)OCO4)cc(OC)c1C. The highest BCUT2D eigenvalue weighted by Crippen LogP contribution is 2.55. The fourth-order valence-corrected chi connectivity index (χ4v) is 5.13. The minimum atomic E-state index is -0.255. The molecule has 2 aromatic carbocycles. The number of rotatable bonds is 3. The van der Waals surface area contributed by atoms with Crippen LogP contribution in [-0.2, 0) is 9.53 Å². The summed E-state index contributed by atoms with van der Waals surface area (Å²) in [6.07, 6.45) is 0. The van der Waals surface area contributed by atoms with Crippen LogP contribution in [0.5, 0.6) is 23.0 Å². The molecule has 1 unspecified atom stereocenters. The molecule has 152 valence electrons. The van der Waals surface area contributed by atoms with Crippen molar-refractivity contribution in [3.8, 4) is 23.0 Å². The van der Waals surface area contributed by atoms with E-state index in [1.807, 2.05) is 25.1 Å². The molecule has 1 aliphatic carbocycles. The van der Waals surface area contributed by atoms with Crippen LogP contribution < -0.4 is 18.9 Å². The predicted molar refractivity (Wildman–Crippen MR) is 105 cm³/mol. The fourth-order valence-electron chi connectivity index (χ4n) is 5.13. The molecule has 4 atom stereocenters. The molecule has 0 aromatic heterocycles. The third kappa shape index (κ3) is 2.58. The summed E-state index contributed by atoms with van der Waals surface area (Å²) < 4.78 is 28.0. The molecular formula is C23H24O6. The zero-order chi connectivity index (χ0) is 20.3. The van der Waals surface area contributed by atoms with Gasteiger partial charge in [0.2, 0.25) is 6.79 Å². The molecule has 0 amide bonds. The zero-order valence-electron chi connectivity index (χ0n) is 17.0. The summed E-state index contributed by atoms with van der Waals surface area (Å²) in [5.74, 6) is 2.68. The lowest BCUT2D eigenvalue weighted by Gasteiger charge is -2.38. The van der Waals surface area contributed by atoms with Gasteiger partial charge in [0, 0.05) is 17.4 Å². The van der Waals surface area contributed by atoms with Crippen molar-refractivity contribution in [3.05, 3.63) is 46.5 Å². The first-order valence-electron chi connectivity index (χ1n) is 9.86. The Bertz CT molecular complexity index is 972. The van der Waals surface area contributed by atoms with Gasteiger partial charge in [0.05, 0.1) is 26.7 Å². The van der Waals surface area contributed by atoms with Crippen LogP contribution in [-0.4, -0.2) is 33.6 Å². The summed E-state index contributed by atoms with van der Waals surface area (Å²) in [5, 5.41) is 0. The van der Waals surface area contributed by atoms with E-state index < -0.39 is 0 Å². The highest BCUT2D eigenvalue weighted by Gasteiger charge is 2.51. The molecule has 0 saturated carbocycles. The number of esters is 1. The van der Waals surface area contributed by atoms with Gasteiger partial charge >= 0.3 is 5.97 Å². The van der Waals surface area contributed by atoms with Gasteiger partial charge < -0.3 is 23.7 Å². The van der Waals surface area contributed by atoms with Crippen molar-refractivity contribution in [2.24, 2.45) is 11.8 Å². The van der Waals surface area contributed by atoms with E-state index in [9.17, 15) is 4.79 Å². The summed E-state index contributed by atoms with van der Waals surface area (Å²) in [6, 6.07) is 8.11. The van der Waals surface area contributed by atoms with E-state index >= 15 is 0 Å². The summed E-state index contributed by atoms with van der Waals surface area (Å²) in [5.41, 5.74) is 4.16. The summed E-state index contributed by atoms with van der Waals surface area (Å²) >= 11 is 0. The first-order valence-corrected chi connectivity index (χ1v) is 9.86. The Kier molecular flexibility index (Phi) is 4.12. The lowest BCUT2D eigenvalue weighted by molar-refractivity contribution is -0.141. The Balaban J connectivity index is 1.75. The van der Waals surface area contributed by atoms with E-state index in [2.05, 4.69) is 13.0 Å². The third-order valence-corrected chi connectivity index (χ3v) is 6.69. The minimum absolute atomic E-state index is 0.110. The highest BCUT2D eigenvalue weighted by molar-refractivity contribution is 5.79. The number of fused-ring (bicyclic) bond motifs is 3. The van der Waals surface area contributed by atoms with Crippen molar-refractivity contribution < 1.29 is 28.5 Å². The Hall–Kier alpha value is -2.89. The molecule has 0 spiro atoms. The van der Waals surface area contributed by atoms with Crippen LogP contribution in [0, 0.1) is 18.8 Å². The van der Waals surface area contributed by atoms with E-state index in [1.54, 1.807) is 14.2 Å². The Morgan fingerprint density at radius 3 is 2.17 bits per heavy atom. The molecule has 6 heteroatoms. The van der Waals surface area contributed by atoms with Crippen molar-refractivity contribution in [2.45, 2.75) is 25.7 Å². The van der Waals surface area contributed by atoms with Crippen LogP contribution in [0.2, 0.25) is 0 Å². The first kappa shape index (κ1) is 18.2. The molecule has 1 fully saturated rings. The number of benzene rings is 2. The molecule has 2 aliphatic heterocycles. The lowest BCUT2D eigenvalue weighted by Crippen LogP contribution is -2.33. The number of hydrogen-bond donors (Lipinski definition) is 0. The van der Waals surface area contributed by atoms with E-state index in [-0.39, 0.29) is 36.4 Å². The van der Waals surface area contributed by atoms with Gasteiger partial charge in [-0.2, -0.15) is 0 Å². The van der Waals surface area contributed by atoms with Gasteiger partial charge in [0.1, 0.15) is 11.5 Å². The van der Waals surface area contributed by atoms with Gasteiger partial charge in [-0.05, 0) is 53.8 Å². The number of ether oxygens (including phenoxy) is 5. The van der Waals surface area contributed by atoms with Crippen LogP contribution in [0.3, 0.4) is 0 Å². The van der Waals surface area contributed by atoms with E-state index in [0.29, 0.717) is 6.61 Å². The highest BCUT2D eigenvalue weighted by atomic mass is 16.7. The standard InChI is InChI=1S/C23H24O6/c1-11-14-7-19-20(29-10-28-19)8-15(14)21(22-16(11)9-27-23(22)24)13-5-17(25-3)12(2)18(6-13)26-4/h5-8,11,16,21-22H,9-10H2,1-4H3/t11-,16-,21-,22?/m1/s1. The van der Waals surface area contributed by atoms with Gasteiger partial charge in [-0.25, -0.2) is 0 Å². The van der Waals surface area contributed by atoms with Crippen LogP contribution >= 0.6 is 0 Å². The normalized spacial score (nSPS) is 26.6. The molecular weight excluding hydrogens is 372 g/mol. The lowest BCUT2D eigenvalue weighted by atomic mass is 9.63. The topological polar surface area (TPSA) is 63.2 Å². The first-order chi connectivity index (χ1) is 14.0. The Morgan fingerprint density at radius 2 is 1.55 bits per heavy atom. The zero-order valence-corrected chi connectivity index (χ0v) is 17.0. The van der Waals surface area contributed by atoms with Crippen molar-refractivity contribution in [3.63, 3.8) is 0 Å². The Morgan fingerprint density at radius 1 is 0.931 bits per heavy atom. The van der Waals surface area contributed by atoms with Crippen molar-refractivity contribution in [1.29, 1.82) is 0 Å². The molecule has 2 heterocycles. The number of cyclic esters (lactones) is 1. The molecule has 5 rings (SSSR count). The number of methoxy groups -OCH3 is 2. The van der Waals surface area contributed by atoms with Crippen molar-refractivity contribution in [1.82, 2.24) is 0 Å². The molecule has 29 heavy (non-hydrogen) atoms. The van der Waals surface area contributed by atoms with Crippen molar-refractivity contribution in [2.75, 3.05) is 27.6 Å². The number of carbonyl (C=O) groups is 1. The van der Waals surface area contributed by atoms with Crippen LogP contribution in [0.15, 0.2) is 24.3 Å². The molecule has 0 bridgehead atoms. The van der Waals surface area contributed by atoms with Gasteiger partial charge in [0.25, 0.3) is 0 Å². The fraction of sp³-hybridized carbons (Fsp3) is 0.435. The van der Waals surface area contributed by atoms with Gasteiger partial charge in [-0.3, -0.25) is 4.79 Å². The van der Waals surface area contributed by atoms with E-state index in [1.165, 1.54) is 5.56 Å². The maximum atomic E-state index is 12.8. The largest absolute Gasteiger partial charge is 0.496 e. The average molecular weight is 396 g/mol. The summed E-state index contributed by atoms with van der Waals surface area (Å²) in [6.45, 7) is 4.78. The molecule has 3 aliphatic rings. The van der Waals surface area contributed by atoms with E-state index in [4.69, 9.17) is 23.7 Å². The average Bonchev–Trinajstić information content (AvgIpc) is 3.34. The summed E-state index contributed by atoms with van der Waals surface area (Å²) in [7, 11) is 3.29. The molecule has 0 radical (unpaired) electrons. The number of hydrogen-bond acceptors (Lipinski definition) is 6. The third-order valence-electron chi connectivity index (χ3n) is 6.69. The molecule has 6 nitrogen and oxygen atoms in total. The van der Waals surface area contributed by atoms with E-state index in [0.717, 1.165) is 39.7 Å². The van der Waals surface area contributed by atoms with Crippen LogP contribution in [0.1, 0.15) is 41.0 Å². The van der Waals surface area contributed by atoms with Crippen LogP contribution in [0.25, 0.3) is 0 Å². The predicted octanol–water partition coefficient (Wildman–Crippen LogP) is 3.78. The smallest absolute Gasteiger partial charge is 0.310 e. The second kappa shape index (κ2) is 6.58. The molecule has 1 saturated heterocycles. The van der Waals surface area contributed by atoms with Crippen LogP contribution in [0.4, 0.5) is 0 Å². The van der Waals surface area contributed by atoms with Gasteiger partial charge in [-0.15, -0.1) is 0 Å². The maximum absolute atomic E-state index is 12.8. The molecule has 0 N–H and O–H groups in total. The minimum Gasteiger partial charge on any atom is -0.496 e. The second-order valence-corrected chi connectivity index (χ2v) is 7.97. The number of carbonyl (C=O) groups excluding carboxylic acids is 1. The molecule has 2 aromatic rings. The van der Waals surface area contributed by atoms with Gasteiger partial charge in [-0.1, -0.05) is 6.92 Å². The van der Waals surface area contributed by atoms with Crippen molar-refractivity contribution >= 4 is 5.97 Å². The maximum Gasteiger partial charge on any atom is 0.310 e. The Labute approximate surface area is 169 Å². The second-order valence-electron chi connectivity index (χ2n) is 7.97. The summed E-state index contributed by atoms with van der Waals surface area (Å²) in [4.78, 5) is 12.8. The van der Waals surface area contributed by atoms with Gasteiger partial charge in [0.15, 0.2) is 11.5 Å².